The lowest BCUT2D eigenvalue weighted by molar-refractivity contribution is -0.140. The zero-order chi connectivity index (χ0) is 19.5. The van der Waals surface area contributed by atoms with Gasteiger partial charge in [0.2, 0.25) is 0 Å². The summed E-state index contributed by atoms with van der Waals surface area (Å²) >= 11 is 0. The second-order valence-corrected chi connectivity index (χ2v) is 7.22. The maximum Gasteiger partial charge on any atom is 0.305 e. The van der Waals surface area contributed by atoms with Crippen molar-refractivity contribution in [3.8, 4) is 5.75 Å². The van der Waals surface area contributed by atoms with E-state index in [1.54, 1.807) is 12.2 Å². The van der Waals surface area contributed by atoms with Gasteiger partial charge in [-0.1, -0.05) is 39.5 Å². The number of rotatable bonds is 6. The van der Waals surface area contributed by atoms with Gasteiger partial charge in [-0.3, -0.25) is 4.79 Å². The Kier molecular flexibility index (Phi) is 5.87. The molecular weight excluding hydrogens is 330 g/mol. The van der Waals surface area contributed by atoms with Crippen molar-refractivity contribution >= 4 is 17.4 Å². The van der Waals surface area contributed by atoms with Crippen LogP contribution in [0.4, 0.5) is 5.69 Å². The minimum Gasteiger partial charge on any atom is -0.505 e. The average molecular weight is 357 g/mol. The number of anilines is 1. The average Bonchev–Trinajstić information content (AvgIpc) is 3.02. The summed E-state index contributed by atoms with van der Waals surface area (Å²) in [6.07, 6.45) is 4.17. The molecule has 26 heavy (non-hydrogen) atoms. The van der Waals surface area contributed by atoms with Gasteiger partial charge in [-0.2, -0.15) is 15.6 Å². The summed E-state index contributed by atoms with van der Waals surface area (Å²) in [5, 5.41) is 16.9. The summed E-state index contributed by atoms with van der Waals surface area (Å²) in [5.41, 5.74) is 5.85. The van der Waals surface area contributed by atoms with Crippen LogP contribution in [0.3, 0.4) is 0 Å². The Hall–Kier alpha value is -2.60. The third kappa shape index (κ3) is 4.14. The molecule has 1 unspecified atom stereocenters. The molecule has 0 aromatic heterocycles. The van der Waals surface area contributed by atoms with Crippen LogP contribution in [0, 0.1) is 0 Å². The third-order valence-corrected chi connectivity index (χ3v) is 4.27. The molecule has 1 aromatic rings. The quantitative estimate of drug-likeness (QED) is 0.604. The summed E-state index contributed by atoms with van der Waals surface area (Å²) in [6, 6.07) is 3.58. The molecule has 0 aliphatic carbocycles. The lowest BCUT2D eigenvalue weighted by atomic mass is 9.84. The summed E-state index contributed by atoms with van der Waals surface area (Å²) in [6.45, 7) is 13.6. The first-order chi connectivity index (χ1) is 12.2. The molecule has 0 saturated carbocycles. The number of esters is 1. The molecule has 1 aliphatic rings. The number of nitrogens with one attached hydrogen (secondary N) is 1. The van der Waals surface area contributed by atoms with E-state index in [2.05, 4.69) is 23.7 Å². The molecule has 1 aromatic carbocycles. The lowest BCUT2D eigenvalue weighted by Gasteiger charge is -2.26. The van der Waals surface area contributed by atoms with Crippen LogP contribution in [0.5, 0.6) is 5.75 Å². The molecule has 0 saturated heterocycles. The molecule has 1 atom stereocenters. The van der Waals surface area contributed by atoms with E-state index in [0.717, 1.165) is 16.8 Å². The number of hydrogen-bond donors (Lipinski definition) is 2. The lowest BCUT2D eigenvalue weighted by Crippen LogP contribution is -2.36. The van der Waals surface area contributed by atoms with E-state index in [1.807, 2.05) is 32.9 Å². The van der Waals surface area contributed by atoms with Crippen LogP contribution in [-0.4, -0.2) is 29.9 Å². The van der Waals surface area contributed by atoms with E-state index in [-0.39, 0.29) is 29.6 Å². The van der Waals surface area contributed by atoms with E-state index in [9.17, 15) is 9.90 Å². The number of benzene rings is 1. The van der Waals surface area contributed by atoms with Gasteiger partial charge in [0.05, 0.1) is 18.9 Å². The number of ether oxygens (including phenoxy) is 1. The number of aromatic hydroxyl groups is 1. The Morgan fingerprint density at radius 1 is 1.42 bits per heavy atom. The summed E-state index contributed by atoms with van der Waals surface area (Å²) in [7, 11) is 1.38. The highest BCUT2D eigenvalue weighted by Crippen LogP contribution is 2.40. The second-order valence-electron chi connectivity index (χ2n) is 7.22. The summed E-state index contributed by atoms with van der Waals surface area (Å²) in [4.78, 5) is 11.5. The van der Waals surface area contributed by atoms with Crippen molar-refractivity contribution in [3.63, 3.8) is 0 Å². The Balaban J connectivity index is 2.47. The van der Waals surface area contributed by atoms with Crippen LogP contribution < -0.4 is 10.5 Å². The molecule has 6 nitrogen and oxygen atoms in total. The van der Waals surface area contributed by atoms with Gasteiger partial charge < -0.3 is 9.84 Å². The van der Waals surface area contributed by atoms with Gasteiger partial charge in [0.15, 0.2) is 0 Å². The van der Waals surface area contributed by atoms with Gasteiger partial charge in [-0.05, 0) is 29.5 Å². The van der Waals surface area contributed by atoms with Gasteiger partial charge in [0.25, 0.3) is 0 Å². The van der Waals surface area contributed by atoms with Crippen LogP contribution in [0.15, 0.2) is 42.5 Å². The fourth-order valence-corrected chi connectivity index (χ4v) is 2.77. The summed E-state index contributed by atoms with van der Waals surface area (Å²) < 4.78 is 4.73. The van der Waals surface area contributed by atoms with E-state index < -0.39 is 0 Å². The van der Waals surface area contributed by atoms with Crippen LogP contribution in [0.25, 0.3) is 0 Å². The van der Waals surface area contributed by atoms with Gasteiger partial charge in [-0.15, -0.1) is 6.58 Å². The monoisotopic (exact) mass is 357 g/mol. The highest BCUT2D eigenvalue weighted by Gasteiger charge is 2.28. The van der Waals surface area contributed by atoms with Crippen molar-refractivity contribution in [2.24, 2.45) is 5.10 Å². The molecule has 0 spiro atoms. The number of phenolic OH excluding ortho intramolecular Hbond substituents is 1. The Morgan fingerprint density at radius 2 is 2.12 bits per heavy atom. The normalized spacial score (nSPS) is 17.0. The fraction of sp³-hybridized carbons (Fsp3) is 0.400. The van der Waals surface area contributed by atoms with Crippen molar-refractivity contribution in [1.82, 2.24) is 5.43 Å². The largest absolute Gasteiger partial charge is 0.505 e. The van der Waals surface area contributed by atoms with E-state index in [4.69, 9.17) is 4.74 Å². The van der Waals surface area contributed by atoms with Gasteiger partial charge in [0.1, 0.15) is 11.4 Å². The van der Waals surface area contributed by atoms with Crippen molar-refractivity contribution in [1.29, 1.82) is 0 Å². The molecule has 0 radical (unpaired) electrons. The van der Waals surface area contributed by atoms with E-state index >= 15 is 0 Å². The van der Waals surface area contributed by atoms with Crippen molar-refractivity contribution in [2.75, 3.05) is 12.2 Å². The molecule has 140 valence electrons. The minimum absolute atomic E-state index is 0.156. The summed E-state index contributed by atoms with van der Waals surface area (Å²) in [5.74, 6) is -0.112. The third-order valence-electron chi connectivity index (χ3n) is 4.27. The van der Waals surface area contributed by atoms with E-state index in [1.165, 1.54) is 12.2 Å². The van der Waals surface area contributed by atoms with Gasteiger partial charge >= 0.3 is 5.97 Å². The molecule has 6 heteroatoms. The van der Waals surface area contributed by atoms with Crippen LogP contribution >= 0.6 is 0 Å². The van der Waals surface area contributed by atoms with Crippen molar-refractivity contribution in [3.05, 3.63) is 48.6 Å². The van der Waals surface area contributed by atoms with Gasteiger partial charge in [0, 0.05) is 12.0 Å². The fourth-order valence-electron chi connectivity index (χ4n) is 2.77. The number of phenols is 1. The topological polar surface area (TPSA) is 74.2 Å². The predicted octanol–water partition coefficient (Wildman–Crippen LogP) is 3.22. The smallest absolute Gasteiger partial charge is 0.305 e. The molecule has 0 amide bonds. The minimum atomic E-state index is -0.275. The first-order valence-corrected chi connectivity index (χ1v) is 8.54. The number of hydrazine groups is 1. The molecule has 1 aliphatic heterocycles. The number of carbonyl (C=O) groups excluding carboxylic acids is 1. The maximum absolute atomic E-state index is 11.5. The zero-order valence-corrected chi connectivity index (χ0v) is 15.9. The van der Waals surface area contributed by atoms with Crippen LogP contribution in [0.2, 0.25) is 0 Å². The number of aryl methyl sites for hydroxylation is 1. The Morgan fingerprint density at radius 3 is 2.62 bits per heavy atom. The maximum atomic E-state index is 11.5. The number of hydrazone groups is 1. The molecule has 2 rings (SSSR count). The van der Waals surface area contributed by atoms with Crippen LogP contribution in [0.1, 0.15) is 38.3 Å². The Labute approximate surface area is 154 Å². The first-order valence-electron chi connectivity index (χ1n) is 8.54. The second kappa shape index (κ2) is 7.74. The molecule has 2 N–H and O–H groups in total. The Bertz CT molecular complexity index is 747. The van der Waals surface area contributed by atoms with Crippen molar-refractivity contribution < 1.29 is 14.6 Å². The number of methoxy groups -OCH3 is 1. The predicted molar refractivity (Wildman–Crippen MR) is 104 cm³/mol. The SMILES string of the molecule is C=CC1=NN(c2cc(CCC(=O)OC)cc(C(C)(C)C)c2O)NC1C=C. The zero-order valence-electron chi connectivity index (χ0n) is 15.9. The highest BCUT2D eigenvalue weighted by molar-refractivity contribution is 6.02. The molecule has 1 heterocycles. The highest BCUT2D eigenvalue weighted by atomic mass is 16.5. The first kappa shape index (κ1) is 19.7. The van der Waals surface area contributed by atoms with E-state index in [0.29, 0.717) is 12.1 Å². The van der Waals surface area contributed by atoms with Crippen molar-refractivity contribution in [2.45, 2.75) is 45.1 Å². The molecule has 0 bridgehead atoms. The molecule has 0 fully saturated rings. The molecular formula is C20H27N3O3. The number of carbonyl (C=O) groups is 1. The number of nitrogens with zero attached hydrogens (tertiary/aromatic N) is 2. The standard InChI is InChI=1S/C20H27N3O3/c1-7-15-16(8-2)22-23(21-15)17-12-13(9-10-18(24)26-6)11-14(19(17)25)20(3,4)5/h7-8,11-12,15,21,25H,1-2,9-10H2,3-6H3. The number of hydrogen-bond acceptors (Lipinski definition) is 6. The van der Waals surface area contributed by atoms with Gasteiger partial charge in [-0.25, -0.2) is 0 Å². The van der Waals surface area contributed by atoms with Crippen LogP contribution in [-0.2, 0) is 21.4 Å².